The van der Waals surface area contributed by atoms with E-state index >= 15 is 0 Å². The predicted molar refractivity (Wildman–Crippen MR) is 74.2 cm³/mol. The van der Waals surface area contributed by atoms with Crippen molar-refractivity contribution >= 4 is 23.3 Å². The lowest BCUT2D eigenvalue weighted by Gasteiger charge is -2.18. The summed E-state index contributed by atoms with van der Waals surface area (Å²) in [5.41, 5.74) is 7.51. The van der Waals surface area contributed by atoms with E-state index in [1.54, 1.807) is 9.80 Å². The number of rotatable bonds is 3. The molecule has 18 heavy (non-hydrogen) atoms. The van der Waals surface area contributed by atoms with Crippen molar-refractivity contribution in [3.8, 4) is 0 Å². The van der Waals surface area contributed by atoms with Gasteiger partial charge >= 0.3 is 6.03 Å². The van der Waals surface area contributed by atoms with Crippen LogP contribution in [0, 0.1) is 6.92 Å². The quantitative estimate of drug-likeness (QED) is 0.913. The number of hydrogen-bond donors (Lipinski definition) is 1. The first-order valence-electron chi connectivity index (χ1n) is 6.05. The van der Waals surface area contributed by atoms with Gasteiger partial charge < -0.3 is 10.6 Å². The first kappa shape index (κ1) is 13.2. The summed E-state index contributed by atoms with van der Waals surface area (Å²) in [7, 11) is 1.83. The third kappa shape index (κ3) is 2.31. The van der Waals surface area contributed by atoms with E-state index < -0.39 is 0 Å². The number of carbonyl (C=O) groups excluding carboxylic acids is 1. The molecule has 1 heterocycles. The summed E-state index contributed by atoms with van der Waals surface area (Å²) in [6.45, 7) is 3.25. The van der Waals surface area contributed by atoms with Crippen molar-refractivity contribution < 1.29 is 4.79 Å². The SMILES string of the molecule is Cc1cc(Cl)ccc1N1CC(CCN)N(C)C1=O. The number of halogens is 1. The van der Waals surface area contributed by atoms with Crippen LogP contribution in [-0.2, 0) is 0 Å². The van der Waals surface area contributed by atoms with Crippen LogP contribution in [0.3, 0.4) is 0 Å². The van der Waals surface area contributed by atoms with Gasteiger partial charge in [0, 0.05) is 24.3 Å². The fourth-order valence-electron chi connectivity index (χ4n) is 2.36. The largest absolute Gasteiger partial charge is 0.330 e. The lowest BCUT2D eigenvalue weighted by molar-refractivity contribution is 0.217. The van der Waals surface area contributed by atoms with E-state index in [1.165, 1.54) is 0 Å². The summed E-state index contributed by atoms with van der Waals surface area (Å²) in [6, 6.07) is 5.80. The van der Waals surface area contributed by atoms with Crippen molar-refractivity contribution in [1.82, 2.24) is 4.90 Å². The zero-order chi connectivity index (χ0) is 13.3. The highest BCUT2D eigenvalue weighted by molar-refractivity contribution is 6.30. The van der Waals surface area contributed by atoms with Crippen LogP contribution in [0.1, 0.15) is 12.0 Å². The molecule has 0 radical (unpaired) electrons. The molecule has 0 bridgehead atoms. The molecule has 1 aliphatic rings. The lowest BCUT2D eigenvalue weighted by atomic mass is 10.1. The van der Waals surface area contributed by atoms with Gasteiger partial charge in [-0.15, -0.1) is 0 Å². The molecule has 0 aliphatic carbocycles. The van der Waals surface area contributed by atoms with E-state index in [0.29, 0.717) is 18.1 Å². The highest BCUT2D eigenvalue weighted by atomic mass is 35.5. The van der Waals surface area contributed by atoms with Crippen LogP contribution >= 0.6 is 11.6 Å². The summed E-state index contributed by atoms with van der Waals surface area (Å²) < 4.78 is 0. The number of nitrogens with two attached hydrogens (primary N) is 1. The molecule has 0 spiro atoms. The van der Waals surface area contributed by atoms with E-state index in [1.807, 2.05) is 32.2 Å². The second-order valence-electron chi connectivity index (χ2n) is 4.67. The Morgan fingerprint density at radius 2 is 2.22 bits per heavy atom. The highest BCUT2D eigenvalue weighted by Crippen LogP contribution is 2.28. The molecule has 1 aliphatic heterocycles. The van der Waals surface area contributed by atoms with Crippen molar-refractivity contribution in [2.24, 2.45) is 5.73 Å². The fraction of sp³-hybridized carbons (Fsp3) is 0.462. The van der Waals surface area contributed by atoms with Crippen LogP contribution in [0.2, 0.25) is 5.02 Å². The minimum Gasteiger partial charge on any atom is -0.330 e. The van der Waals surface area contributed by atoms with E-state index in [-0.39, 0.29) is 12.1 Å². The minimum absolute atomic E-state index is 0.0267. The molecule has 5 heteroatoms. The van der Waals surface area contributed by atoms with Gasteiger partial charge in [-0.3, -0.25) is 4.90 Å². The molecule has 1 unspecified atom stereocenters. The maximum absolute atomic E-state index is 12.2. The Labute approximate surface area is 112 Å². The van der Waals surface area contributed by atoms with Crippen molar-refractivity contribution in [3.63, 3.8) is 0 Å². The van der Waals surface area contributed by atoms with Gasteiger partial charge in [0.2, 0.25) is 0 Å². The van der Waals surface area contributed by atoms with Gasteiger partial charge in [-0.05, 0) is 43.7 Å². The van der Waals surface area contributed by atoms with Crippen LogP contribution in [0.4, 0.5) is 10.5 Å². The second kappa shape index (κ2) is 5.16. The molecule has 0 aromatic heterocycles. The monoisotopic (exact) mass is 267 g/mol. The van der Waals surface area contributed by atoms with E-state index in [0.717, 1.165) is 17.7 Å². The van der Waals surface area contributed by atoms with E-state index in [4.69, 9.17) is 17.3 Å². The third-order valence-corrected chi connectivity index (χ3v) is 3.66. The molecule has 1 atom stereocenters. The molecular formula is C13H18ClN3O. The van der Waals surface area contributed by atoms with Crippen molar-refractivity contribution in [1.29, 1.82) is 0 Å². The smallest absolute Gasteiger partial charge is 0.324 e. The number of benzene rings is 1. The molecule has 1 aromatic carbocycles. The van der Waals surface area contributed by atoms with Gasteiger partial charge in [-0.25, -0.2) is 4.79 Å². The minimum atomic E-state index is 0.0267. The molecule has 1 saturated heterocycles. The summed E-state index contributed by atoms with van der Waals surface area (Å²) in [5.74, 6) is 0. The van der Waals surface area contributed by atoms with Gasteiger partial charge in [0.1, 0.15) is 0 Å². The zero-order valence-corrected chi connectivity index (χ0v) is 11.4. The van der Waals surface area contributed by atoms with Gasteiger partial charge in [-0.2, -0.15) is 0 Å². The van der Waals surface area contributed by atoms with Crippen LogP contribution in [0.5, 0.6) is 0 Å². The van der Waals surface area contributed by atoms with Crippen molar-refractivity contribution in [2.75, 3.05) is 25.0 Å². The maximum Gasteiger partial charge on any atom is 0.324 e. The van der Waals surface area contributed by atoms with Crippen molar-refractivity contribution in [2.45, 2.75) is 19.4 Å². The van der Waals surface area contributed by atoms with Crippen LogP contribution in [0.15, 0.2) is 18.2 Å². The average molecular weight is 268 g/mol. The first-order chi connectivity index (χ1) is 8.54. The maximum atomic E-state index is 12.2. The Kier molecular flexibility index (Phi) is 3.78. The molecule has 1 fully saturated rings. The van der Waals surface area contributed by atoms with E-state index in [2.05, 4.69) is 0 Å². The molecule has 2 rings (SSSR count). The van der Waals surface area contributed by atoms with Crippen molar-refractivity contribution in [3.05, 3.63) is 28.8 Å². The highest BCUT2D eigenvalue weighted by Gasteiger charge is 2.35. The van der Waals surface area contributed by atoms with Crippen LogP contribution in [-0.4, -0.2) is 37.1 Å². The first-order valence-corrected chi connectivity index (χ1v) is 6.43. The number of amides is 2. The molecule has 4 nitrogen and oxygen atoms in total. The number of likely N-dealkylation sites (N-methyl/N-ethyl adjacent to an activating group) is 1. The zero-order valence-electron chi connectivity index (χ0n) is 10.7. The summed E-state index contributed by atoms with van der Waals surface area (Å²) in [4.78, 5) is 15.8. The lowest BCUT2D eigenvalue weighted by Crippen LogP contribution is -2.32. The topological polar surface area (TPSA) is 49.6 Å². The number of anilines is 1. The van der Waals surface area contributed by atoms with Gasteiger partial charge in [0.05, 0.1) is 6.04 Å². The summed E-state index contributed by atoms with van der Waals surface area (Å²) >= 11 is 5.94. The standard InChI is InChI=1S/C13H18ClN3O/c1-9-7-10(14)3-4-12(9)17-8-11(5-6-15)16(2)13(17)18/h3-4,7,11H,5-6,8,15H2,1-2H3. The predicted octanol–water partition coefficient (Wildman–Crippen LogP) is 2.24. The number of hydrogen-bond acceptors (Lipinski definition) is 2. The Morgan fingerprint density at radius 1 is 1.50 bits per heavy atom. The Balaban J connectivity index is 2.26. The van der Waals surface area contributed by atoms with Gasteiger partial charge in [-0.1, -0.05) is 11.6 Å². The third-order valence-electron chi connectivity index (χ3n) is 3.42. The Hall–Kier alpha value is -1.26. The molecule has 1 aromatic rings. The number of aryl methyl sites for hydroxylation is 1. The molecule has 2 N–H and O–H groups in total. The second-order valence-corrected chi connectivity index (χ2v) is 5.10. The normalized spacial score (nSPS) is 19.8. The number of urea groups is 1. The average Bonchev–Trinajstić information content (AvgIpc) is 2.58. The van der Waals surface area contributed by atoms with E-state index in [9.17, 15) is 4.79 Å². The molecule has 98 valence electrons. The van der Waals surface area contributed by atoms with Crippen LogP contribution < -0.4 is 10.6 Å². The molecular weight excluding hydrogens is 250 g/mol. The number of carbonyl (C=O) groups is 1. The Morgan fingerprint density at radius 3 is 2.83 bits per heavy atom. The van der Waals surface area contributed by atoms with Crippen LogP contribution in [0.25, 0.3) is 0 Å². The summed E-state index contributed by atoms with van der Waals surface area (Å²) in [5, 5.41) is 0.690. The Bertz CT molecular complexity index is 464. The number of nitrogens with zero attached hydrogens (tertiary/aromatic N) is 2. The fourth-order valence-corrected chi connectivity index (χ4v) is 2.58. The molecule has 0 saturated carbocycles. The molecule has 2 amide bonds. The summed E-state index contributed by atoms with van der Waals surface area (Å²) in [6.07, 6.45) is 0.825. The van der Waals surface area contributed by atoms with Gasteiger partial charge in [0.15, 0.2) is 0 Å². The van der Waals surface area contributed by atoms with Gasteiger partial charge in [0.25, 0.3) is 0 Å².